The number of para-hydroxylation sites is 1. The van der Waals surface area contributed by atoms with Gasteiger partial charge in [0.1, 0.15) is 5.75 Å². The molecule has 0 aliphatic carbocycles. The normalized spacial score (nSPS) is 18.1. The zero-order chi connectivity index (χ0) is 16.9. The van der Waals surface area contributed by atoms with Crippen LogP contribution in [0.5, 0.6) is 5.75 Å². The van der Waals surface area contributed by atoms with Gasteiger partial charge >= 0.3 is 12.2 Å². The van der Waals surface area contributed by atoms with Gasteiger partial charge in [-0.15, -0.1) is 0 Å². The first kappa shape index (κ1) is 16.3. The lowest BCUT2D eigenvalue weighted by Gasteiger charge is -2.13. The monoisotopic (exact) mass is 347 g/mol. The topological polar surface area (TPSA) is 55.8 Å². The summed E-state index contributed by atoms with van der Waals surface area (Å²) in [5, 5.41) is 0. The Kier molecular flexibility index (Phi) is 5.00. The van der Waals surface area contributed by atoms with Crippen LogP contribution in [0.3, 0.4) is 0 Å². The maximum Gasteiger partial charge on any atom is 0.424 e. The Morgan fingerprint density at radius 2 is 1.79 bits per heavy atom. The number of carbonyl (C=O) groups is 2. The number of nitrogens with zero attached hydrogens (tertiary/aromatic N) is 1. The van der Waals surface area contributed by atoms with Gasteiger partial charge < -0.3 is 9.47 Å². The molecule has 0 N–H and O–H groups in total. The molecule has 1 aliphatic heterocycles. The fourth-order valence-corrected chi connectivity index (χ4v) is 2.99. The van der Waals surface area contributed by atoms with E-state index in [1.54, 1.807) is 54.6 Å². The number of benzene rings is 2. The summed E-state index contributed by atoms with van der Waals surface area (Å²) in [6.45, 7) is -0.189. The van der Waals surface area contributed by atoms with Crippen LogP contribution < -0.4 is 4.74 Å². The third-order valence-corrected chi connectivity index (χ3v) is 4.36. The van der Waals surface area contributed by atoms with Crippen molar-refractivity contribution in [3.05, 3.63) is 60.7 Å². The molecular formula is C17H14FNO4S. The number of amides is 2. The highest BCUT2D eigenvalue weighted by molar-refractivity contribution is 7.99. The molecule has 5 nitrogen and oxygen atoms in total. The van der Waals surface area contributed by atoms with Crippen LogP contribution in [0.4, 0.5) is 14.0 Å². The first-order valence-electron chi connectivity index (χ1n) is 7.24. The molecule has 1 fully saturated rings. The Balaban J connectivity index is 1.59. The first-order chi connectivity index (χ1) is 11.6. The summed E-state index contributed by atoms with van der Waals surface area (Å²) in [6.07, 6.45) is -2.83. The van der Waals surface area contributed by atoms with Crippen molar-refractivity contribution in [3.63, 3.8) is 0 Å². The molecule has 1 saturated heterocycles. The van der Waals surface area contributed by atoms with Gasteiger partial charge in [0.05, 0.1) is 6.54 Å². The van der Waals surface area contributed by atoms with Crippen molar-refractivity contribution in [2.45, 2.75) is 16.5 Å². The molecule has 3 rings (SSSR count). The molecule has 0 saturated carbocycles. The van der Waals surface area contributed by atoms with Crippen molar-refractivity contribution in [2.75, 3.05) is 6.54 Å². The average molecular weight is 347 g/mol. The van der Waals surface area contributed by atoms with E-state index in [1.807, 2.05) is 6.07 Å². The van der Waals surface area contributed by atoms with Gasteiger partial charge in [0.2, 0.25) is 0 Å². The minimum Gasteiger partial charge on any atom is -0.440 e. The number of hydrogen-bond donors (Lipinski definition) is 0. The van der Waals surface area contributed by atoms with E-state index in [-0.39, 0.29) is 6.54 Å². The van der Waals surface area contributed by atoms with Crippen molar-refractivity contribution in [1.82, 2.24) is 4.90 Å². The molecule has 0 bridgehead atoms. The van der Waals surface area contributed by atoms with Gasteiger partial charge in [0, 0.05) is 4.90 Å². The molecule has 24 heavy (non-hydrogen) atoms. The molecule has 2 aromatic rings. The highest BCUT2D eigenvalue weighted by atomic mass is 32.2. The predicted octanol–water partition coefficient (Wildman–Crippen LogP) is 4.09. The van der Waals surface area contributed by atoms with Gasteiger partial charge in [-0.3, -0.25) is 0 Å². The smallest absolute Gasteiger partial charge is 0.424 e. The number of alkyl halides is 1. The maximum atomic E-state index is 14.3. The van der Waals surface area contributed by atoms with Gasteiger partial charge in [-0.1, -0.05) is 48.2 Å². The lowest BCUT2D eigenvalue weighted by Crippen LogP contribution is -2.35. The van der Waals surface area contributed by atoms with E-state index in [2.05, 4.69) is 0 Å². The minimum atomic E-state index is -1.48. The van der Waals surface area contributed by atoms with Crippen molar-refractivity contribution in [1.29, 1.82) is 0 Å². The van der Waals surface area contributed by atoms with Crippen LogP contribution in [0.1, 0.15) is 0 Å². The van der Waals surface area contributed by atoms with Gasteiger partial charge in [-0.05, 0) is 24.3 Å². The summed E-state index contributed by atoms with van der Waals surface area (Å²) in [7, 11) is 0. The van der Waals surface area contributed by atoms with Crippen LogP contribution >= 0.6 is 11.8 Å². The summed E-state index contributed by atoms with van der Waals surface area (Å²) in [5.74, 6) is 0.300. The quantitative estimate of drug-likeness (QED) is 0.780. The molecule has 124 valence electrons. The maximum absolute atomic E-state index is 14.3. The second-order valence-corrected chi connectivity index (χ2v) is 6.15. The van der Waals surface area contributed by atoms with E-state index >= 15 is 0 Å². The first-order valence-corrected chi connectivity index (χ1v) is 8.12. The summed E-state index contributed by atoms with van der Waals surface area (Å²) in [4.78, 5) is 25.3. The molecule has 7 heteroatoms. The number of halogens is 1. The van der Waals surface area contributed by atoms with Crippen molar-refractivity contribution < 1.29 is 23.5 Å². The number of imide groups is 1. The largest absolute Gasteiger partial charge is 0.440 e. The SMILES string of the molecule is O=C(Oc1ccccc1)N1CC(C(F)Sc2ccccc2)OC1=O. The molecule has 2 amide bonds. The zero-order valence-electron chi connectivity index (χ0n) is 12.5. The third kappa shape index (κ3) is 3.86. The third-order valence-electron chi connectivity index (χ3n) is 3.29. The van der Waals surface area contributed by atoms with Gasteiger partial charge in [-0.2, -0.15) is 0 Å². The number of thioether (sulfide) groups is 1. The molecule has 0 spiro atoms. The van der Waals surface area contributed by atoms with Crippen LogP contribution in [0.2, 0.25) is 0 Å². The Morgan fingerprint density at radius 1 is 1.17 bits per heavy atom. The van der Waals surface area contributed by atoms with Crippen molar-refractivity contribution in [3.8, 4) is 5.75 Å². The Morgan fingerprint density at radius 3 is 2.46 bits per heavy atom. The Hall–Kier alpha value is -2.54. The van der Waals surface area contributed by atoms with E-state index in [1.165, 1.54) is 0 Å². The Labute approximate surface area is 142 Å². The fraction of sp³-hybridized carbons (Fsp3) is 0.176. The lowest BCUT2D eigenvalue weighted by molar-refractivity contribution is 0.110. The van der Waals surface area contributed by atoms with Gasteiger partial charge in [0.25, 0.3) is 0 Å². The fourth-order valence-electron chi connectivity index (χ4n) is 2.12. The molecule has 2 aromatic carbocycles. The highest BCUT2D eigenvalue weighted by Gasteiger charge is 2.41. The standard InChI is InChI=1S/C17H14FNO4S/c18-15(24-13-9-5-2-6-10-13)14-11-19(17(21)23-14)16(20)22-12-7-3-1-4-8-12/h1-10,14-15H,11H2. The summed E-state index contributed by atoms with van der Waals surface area (Å²) >= 11 is 0.938. The summed E-state index contributed by atoms with van der Waals surface area (Å²) in [5.41, 5.74) is -1.48. The van der Waals surface area contributed by atoms with Crippen LogP contribution in [0.15, 0.2) is 65.6 Å². The van der Waals surface area contributed by atoms with Gasteiger partial charge in [-0.25, -0.2) is 18.9 Å². The van der Waals surface area contributed by atoms with Crippen molar-refractivity contribution in [2.24, 2.45) is 0 Å². The van der Waals surface area contributed by atoms with E-state index < -0.39 is 23.8 Å². The number of ether oxygens (including phenoxy) is 2. The predicted molar refractivity (Wildman–Crippen MR) is 86.6 cm³/mol. The van der Waals surface area contributed by atoms with Crippen LogP contribution in [0, 0.1) is 0 Å². The minimum absolute atomic E-state index is 0.189. The number of cyclic esters (lactones) is 1. The number of rotatable bonds is 4. The Bertz CT molecular complexity index is 713. The van der Waals surface area contributed by atoms with E-state index in [0.717, 1.165) is 16.7 Å². The van der Waals surface area contributed by atoms with Crippen molar-refractivity contribution >= 4 is 23.9 Å². The van der Waals surface area contributed by atoms with E-state index in [4.69, 9.17) is 9.47 Å². The molecule has 1 heterocycles. The number of carbonyl (C=O) groups excluding carboxylic acids is 2. The molecule has 2 unspecified atom stereocenters. The van der Waals surface area contributed by atoms with E-state index in [0.29, 0.717) is 10.6 Å². The van der Waals surface area contributed by atoms with Crippen LogP contribution in [0.25, 0.3) is 0 Å². The molecular weight excluding hydrogens is 333 g/mol. The zero-order valence-corrected chi connectivity index (χ0v) is 13.3. The van der Waals surface area contributed by atoms with E-state index in [9.17, 15) is 14.0 Å². The van der Waals surface area contributed by atoms with Crippen LogP contribution in [-0.2, 0) is 4.74 Å². The summed E-state index contributed by atoms with van der Waals surface area (Å²) in [6, 6.07) is 17.3. The second-order valence-electron chi connectivity index (χ2n) is 5.00. The highest BCUT2D eigenvalue weighted by Crippen LogP contribution is 2.30. The molecule has 2 atom stereocenters. The van der Waals surface area contributed by atoms with Gasteiger partial charge in [0.15, 0.2) is 11.6 Å². The molecule has 0 radical (unpaired) electrons. The average Bonchev–Trinajstić information content (AvgIpc) is 2.99. The summed E-state index contributed by atoms with van der Waals surface area (Å²) < 4.78 is 24.4. The lowest BCUT2D eigenvalue weighted by atomic mass is 10.3. The second kappa shape index (κ2) is 7.35. The molecule has 1 aliphatic rings. The number of hydrogen-bond acceptors (Lipinski definition) is 5. The van der Waals surface area contributed by atoms with Crippen LogP contribution in [-0.4, -0.2) is 35.2 Å². The molecule has 0 aromatic heterocycles.